The third-order valence-electron chi connectivity index (χ3n) is 1.18. The fraction of sp³-hybridized carbons (Fsp3) is 0.167. The molecule has 0 aliphatic heterocycles. The lowest BCUT2D eigenvalue weighted by Gasteiger charge is -2.07. The van der Waals surface area contributed by atoms with Gasteiger partial charge in [-0.25, -0.2) is 4.98 Å². The number of aromatic nitrogens is 1. The Morgan fingerprint density at radius 1 is 1.55 bits per heavy atom. The smallest absolute Gasteiger partial charge is 0.116 e. The first kappa shape index (κ1) is 9.58. The fourth-order valence-corrected chi connectivity index (χ4v) is 1.49. The van der Waals surface area contributed by atoms with Gasteiger partial charge in [0.05, 0.1) is 7.85 Å². The van der Waals surface area contributed by atoms with Crippen molar-refractivity contribution in [2.45, 2.75) is 4.73 Å². The third-order valence-corrected chi connectivity index (χ3v) is 2.22. The Bertz CT molecular complexity index is 267. The van der Waals surface area contributed by atoms with Crippen LogP contribution in [-0.2, 0) is 0 Å². The van der Waals surface area contributed by atoms with E-state index < -0.39 is 0 Å². The van der Waals surface area contributed by atoms with Gasteiger partial charge in [-0.3, -0.25) is 0 Å². The molecule has 1 aromatic heterocycles. The van der Waals surface area contributed by atoms with Gasteiger partial charge < -0.3 is 0 Å². The lowest BCUT2D eigenvalue weighted by Crippen LogP contribution is -2.14. The van der Waals surface area contributed by atoms with Crippen molar-refractivity contribution in [1.29, 1.82) is 0 Å². The predicted octanol–water partition coefficient (Wildman–Crippen LogP) is 1.04. The second kappa shape index (κ2) is 3.94. The SMILES string of the molecule is [B]c1ccc(I)nc1C([B])Br. The van der Waals surface area contributed by atoms with Crippen molar-refractivity contribution in [3.63, 3.8) is 0 Å². The second-order valence-corrected chi connectivity index (χ2v) is 4.10. The Hall–Kier alpha value is 0.490. The zero-order chi connectivity index (χ0) is 8.43. The molecule has 5 heteroatoms. The molecular formula is C6H3B2BrIN. The van der Waals surface area contributed by atoms with E-state index in [4.69, 9.17) is 15.7 Å². The van der Waals surface area contributed by atoms with E-state index in [0.29, 0.717) is 11.2 Å². The maximum absolute atomic E-state index is 5.61. The molecule has 0 aromatic carbocycles. The zero-order valence-electron chi connectivity index (χ0n) is 5.59. The van der Waals surface area contributed by atoms with E-state index in [1.807, 2.05) is 6.07 Å². The molecule has 0 fully saturated rings. The first-order valence-corrected chi connectivity index (χ1v) is 4.92. The average Bonchev–Trinajstić information content (AvgIpc) is 1.94. The Kier molecular flexibility index (Phi) is 3.43. The van der Waals surface area contributed by atoms with Gasteiger partial charge in [0.15, 0.2) is 0 Å². The predicted molar refractivity (Wildman–Crippen MR) is 59.8 cm³/mol. The van der Waals surface area contributed by atoms with Crippen LogP contribution in [-0.4, -0.2) is 20.7 Å². The van der Waals surface area contributed by atoms with E-state index in [9.17, 15) is 0 Å². The number of hydrogen-bond donors (Lipinski definition) is 0. The van der Waals surface area contributed by atoms with Crippen LogP contribution in [0.5, 0.6) is 0 Å². The summed E-state index contributed by atoms with van der Waals surface area (Å²) in [6.45, 7) is 0. The normalized spacial score (nSPS) is 12.9. The van der Waals surface area contributed by atoms with E-state index in [2.05, 4.69) is 43.5 Å². The topological polar surface area (TPSA) is 12.9 Å². The van der Waals surface area contributed by atoms with E-state index in [-0.39, 0.29) is 4.73 Å². The quantitative estimate of drug-likeness (QED) is 0.326. The van der Waals surface area contributed by atoms with Gasteiger partial charge in [0.2, 0.25) is 0 Å². The monoisotopic (exact) mass is 317 g/mol. The minimum atomic E-state index is -0.280. The van der Waals surface area contributed by atoms with Crippen molar-refractivity contribution in [2.24, 2.45) is 0 Å². The first-order valence-electron chi connectivity index (χ1n) is 2.93. The van der Waals surface area contributed by atoms with E-state index in [0.717, 1.165) is 3.70 Å². The standard InChI is InChI=1S/C6H3B2BrIN/c7-3-1-2-4(10)11-5(3)6(8)9/h1-2,6H. The van der Waals surface area contributed by atoms with E-state index in [1.54, 1.807) is 6.07 Å². The second-order valence-electron chi connectivity index (χ2n) is 2.01. The summed E-state index contributed by atoms with van der Waals surface area (Å²) >= 11 is 5.31. The van der Waals surface area contributed by atoms with Crippen LogP contribution in [0.4, 0.5) is 0 Å². The molecular weight excluding hydrogens is 315 g/mol. The summed E-state index contributed by atoms with van der Waals surface area (Å²) in [7, 11) is 11.2. The lowest BCUT2D eigenvalue weighted by atomic mass is 9.88. The van der Waals surface area contributed by atoms with Crippen molar-refractivity contribution in [1.82, 2.24) is 4.98 Å². The van der Waals surface area contributed by atoms with Crippen LogP contribution in [0.2, 0.25) is 0 Å². The maximum atomic E-state index is 5.61. The molecule has 11 heavy (non-hydrogen) atoms. The summed E-state index contributed by atoms with van der Waals surface area (Å²) in [5, 5.41) is 0. The molecule has 0 amide bonds. The summed E-state index contributed by atoms with van der Waals surface area (Å²) in [5.74, 6) is 0. The van der Waals surface area contributed by atoms with Gasteiger partial charge in [0, 0.05) is 10.4 Å². The molecule has 1 rings (SSSR count). The molecule has 0 spiro atoms. The van der Waals surface area contributed by atoms with Crippen molar-refractivity contribution in [3.8, 4) is 0 Å². The fourth-order valence-electron chi connectivity index (χ4n) is 0.682. The highest BCUT2D eigenvalue weighted by molar-refractivity contribution is 14.1. The van der Waals surface area contributed by atoms with Gasteiger partial charge in [-0.2, -0.15) is 0 Å². The van der Waals surface area contributed by atoms with Crippen LogP contribution in [0, 0.1) is 3.70 Å². The molecule has 1 atom stereocenters. The minimum Gasteiger partial charge on any atom is -0.247 e. The zero-order valence-corrected chi connectivity index (χ0v) is 9.33. The summed E-state index contributed by atoms with van der Waals surface area (Å²) in [6, 6.07) is 3.64. The van der Waals surface area contributed by atoms with Crippen LogP contribution in [0.25, 0.3) is 0 Å². The van der Waals surface area contributed by atoms with Crippen LogP contribution in [0.15, 0.2) is 12.1 Å². The molecule has 0 saturated heterocycles. The van der Waals surface area contributed by atoms with Crippen LogP contribution < -0.4 is 5.46 Å². The van der Waals surface area contributed by atoms with Crippen LogP contribution >= 0.6 is 38.5 Å². The Balaban J connectivity index is 3.13. The first-order chi connectivity index (χ1) is 5.11. The Morgan fingerprint density at radius 2 is 2.18 bits per heavy atom. The van der Waals surface area contributed by atoms with Crippen molar-refractivity contribution < 1.29 is 0 Å². The number of nitrogens with zero attached hydrogens (tertiary/aromatic N) is 1. The van der Waals surface area contributed by atoms with Crippen molar-refractivity contribution >= 4 is 59.7 Å². The number of rotatable bonds is 1. The molecule has 0 bridgehead atoms. The van der Waals surface area contributed by atoms with Gasteiger partial charge >= 0.3 is 0 Å². The summed E-state index contributed by atoms with van der Waals surface area (Å²) in [5.41, 5.74) is 1.31. The highest BCUT2D eigenvalue weighted by atomic mass is 127. The molecule has 1 unspecified atom stereocenters. The van der Waals surface area contributed by atoms with Gasteiger partial charge in [-0.05, 0) is 28.7 Å². The summed E-state index contributed by atoms with van der Waals surface area (Å²) in [6.07, 6.45) is 0. The van der Waals surface area contributed by atoms with Crippen molar-refractivity contribution in [3.05, 3.63) is 21.5 Å². The van der Waals surface area contributed by atoms with E-state index >= 15 is 0 Å². The van der Waals surface area contributed by atoms with Gasteiger partial charge in [-0.1, -0.05) is 27.5 Å². The molecule has 1 nitrogen and oxygen atoms in total. The molecule has 0 aliphatic rings. The van der Waals surface area contributed by atoms with Crippen LogP contribution in [0.1, 0.15) is 10.4 Å². The Morgan fingerprint density at radius 3 is 2.64 bits per heavy atom. The molecule has 0 saturated carbocycles. The molecule has 0 aliphatic carbocycles. The summed E-state index contributed by atoms with van der Waals surface area (Å²) in [4.78, 5) is 4.16. The molecule has 52 valence electrons. The molecule has 0 N–H and O–H groups in total. The molecule has 1 aromatic rings. The highest BCUT2D eigenvalue weighted by Crippen LogP contribution is 2.14. The average molecular weight is 318 g/mol. The summed E-state index contributed by atoms with van der Waals surface area (Å²) < 4.78 is 0.610. The largest absolute Gasteiger partial charge is 0.247 e. The van der Waals surface area contributed by atoms with Gasteiger partial charge in [0.1, 0.15) is 11.5 Å². The van der Waals surface area contributed by atoms with Crippen molar-refractivity contribution in [2.75, 3.05) is 0 Å². The van der Waals surface area contributed by atoms with E-state index in [1.165, 1.54) is 0 Å². The van der Waals surface area contributed by atoms with Crippen LogP contribution in [0.3, 0.4) is 0 Å². The lowest BCUT2D eigenvalue weighted by molar-refractivity contribution is 1.15. The highest BCUT2D eigenvalue weighted by Gasteiger charge is 2.05. The number of alkyl halides is 1. The number of hydrogen-bond acceptors (Lipinski definition) is 1. The van der Waals surface area contributed by atoms with Gasteiger partial charge in [0.25, 0.3) is 0 Å². The molecule has 4 radical (unpaired) electrons. The number of pyridine rings is 1. The number of halogens is 2. The Labute approximate surface area is 90.4 Å². The molecule has 1 heterocycles. The maximum Gasteiger partial charge on any atom is 0.116 e. The minimum absolute atomic E-state index is 0.280. The third kappa shape index (κ3) is 2.47. The van der Waals surface area contributed by atoms with Gasteiger partial charge in [-0.15, -0.1) is 0 Å².